The first-order chi connectivity index (χ1) is 22.6. The first-order valence-electron chi connectivity index (χ1n) is 16.1. The zero-order valence-corrected chi connectivity index (χ0v) is 26.0. The monoisotopic (exact) mass is 587 g/mol. The van der Waals surface area contributed by atoms with Crippen molar-refractivity contribution in [1.82, 2.24) is 0 Å². The Kier molecular flexibility index (Phi) is 5.92. The molecular formula is C45H33N. The first-order valence-corrected chi connectivity index (χ1v) is 16.1. The van der Waals surface area contributed by atoms with Crippen molar-refractivity contribution in [3.8, 4) is 22.3 Å². The molecule has 46 heavy (non-hydrogen) atoms. The standard InChI is InChI=1S/C45H33N/c1-45(2)40-29-34-17-9-8-16-33(34)28-39(40)38-21-12-22-42(44(38)45)46(36-18-4-3-5-19-36)41-26-25-31-14-10-11-20-37(31)43(41)35-24-23-30-13-6-7-15-32(30)27-35/h3-29H,1-2H3. The summed E-state index contributed by atoms with van der Waals surface area (Å²) in [5.74, 6) is 0. The Morgan fingerprint density at radius 1 is 0.435 bits per heavy atom. The molecular weight excluding hydrogens is 555 g/mol. The number of benzene rings is 8. The summed E-state index contributed by atoms with van der Waals surface area (Å²) >= 11 is 0. The maximum atomic E-state index is 2.50. The maximum Gasteiger partial charge on any atom is 0.0546 e. The van der Waals surface area contributed by atoms with E-state index in [0.29, 0.717) is 0 Å². The highest BCUT2D eigenvalue weighted by atomic mass is 15.1. The highest BCUT2D eigenvalue weighted by Crippen LogP contribution is 2.56. The van der Waals surface area contributed by atoms with Gasteiger partial charge in [-0.2, -0.15) is 0 Å². The van der Waals surface area contributed by atoms with E-state index in [9.17, 15) is 0 Å². The molecule has 0 atom stereocenters. The summed E-state index contributed by atoms with van der Waals surface area (Å²) in [4.78, 5) is 2.50. The minimum Gasteiger partial charge on any atom is -0.310 e. The van der Waals surface area contributed by atoms with E-state index < -0.39 is 0 Å². The molecule has 0 aromatic heterocycles. The van der Waals surface area contributed by atoms with Crippen molar-refractivity contribution in [2.24, 2.45) is 0 Å². The molecule has 9 rings (SSSR count). The number of nitrogens with zero attached hydrogens (tertiary/aromatic N) is 1. The zero-order valence-electron chi connectivity index (χ0n) is 26.0. The fourth-order valence-electron chi connectivity index (χ4n) is 7.80. The summed E-state index contributed by atoms with van der Waals surface area (Å²) in [5, 5.41) is 7.55. The maximum absolute atomic E-state index is 2.50. The summed E-state index contributed by atoms with van der Waals surface area (Å²) in [7, 11) is 0. The van der Waals surface area contributed by atoms with Gasteiger partial charge < -0.3 is 4.90 Å². The molecule has 0 N–H and O–H groups in total. The van der Waals surface area contributed by atoms with E-state index in [1.807, 2.05) is 0 Å². The fraction of sp³-hybridized carbons (Fsp3) is 0.0667. The SMILES string of the molecule is CC1(C)c2cc3ccccc3cc2-c2cccc(N(c3ccccc3)c3ccc4ccccc4c3-c3ccc4ccccc4c3)c21. The van der Waals surface area contributed by atoms with Crippen LogP contribution < -0.4 is 4.90 Å². The lowest BCUT2D eigenvalue weighted by Crippen LogP contribution is -2.21. The molecule has 0 fully saturated rings. The Morgan fingerprint density at radius 2 is 1.07 bits per heavy atom. The predicted molar refractivity (Wildman–Crippen MR) is 197 cm³/mol. The second kappa shape index (κ2) is 10.2. The molecule has 0 heterocycles. The molecule has 0 bridgehead atoms. The second-order valence-electron chi connectivity index (χ2n) is 13.0. The van der Waals surface area contributed by atoms with Gasteiger partial charge in [-0.1, -0.05) is 135 Å². The van der Waals surface area contributed by atoms with Crippen molar-refractivity contribution in [2.75, 3.05) is 4.90 Å². The van der Waals surface area contributed by atoms with E-state index in [0.717, 1.165) is 5.69 Å². The van der Waals surface area contributed by atoms with Crippen LogP contribution in [0, 0.1) is 0 Å². The number of para-hydroxylation sites is 1. The van der Waals surface area contributed by atoms with E-state index in [2.05, 4.69) is 183 Å². The van der Waals surface area contributed by atoms with Crippen LogP contribution in [-0.2, 0) is 5.41 Å². The van der Waals surface area contributed by atoms with E-state index in [-0.39, 0.29) is 5.41 Å². The third-order valence-electron chi connectivity index (χ3n) is 9.96. The number of rotatable bonds is 4. The number of hydrogen-bond acceptors (Lipinski definition) is 1. The Balaban J connectivity index is 1.36. The highest BCUT2D eigenvalue weighted by molar-refractivity contribution is 6.07. The van der Waals surface area contributed by atoms with Crippen LogP contribution in [-0.4, -0.2) is 0 Å². The van der Waals surface area contributed by atoms with Gasteiger partial charge in [0.25, 0.3) is 0 Å². The largest absolute Gasteiger partial charge is 0.310 e. The van der Waals surface area contributed by atoms with Gasteiger partial charge in [0.15, 0.2) is 0 Å². The number of hydrogen-bond donors (Lipinski definition) is 0. The van der Waals surface area contributed by atoms with Crippen molar-refractivity contribution < 1.29 is 0 Å². The van der Waals surface area contributed by atoms with Crippen molar-refractivity contribution >= 4 is 49.4 Å². The van der Waals surface area contributed by atoms with Crippen molar-refractivity contribution in [3.05, 3.63) is 175 Å². The minimum atomic E-state index is -0.196. The normalized spacial score (nSPS) is 13.2. The fourth-order valence-corrected chi connectivity index (χ4v) is 7.80. The van der Waals surface area contributed by atoms with Crippen LogP contribution in [0.2, 0.25) is 0 Å². The topological polar surface area (TPSA) is 3.24 Å². The molecule has 8 aromatic carbocycles. The quantitative estimate of drug-likeness (QED) is 0.198. The van der Waals surface area contributed by atoms with Crippen LogP contribution in [0.1, 0.15) is 25.0 Å². The minimum absolute atomic E-state index is 0.196. The molecule has 0 radical (unpaired) electrons. The Labute approximate surface area is 270 Å². The van der Waals surface area contributed by atoms with Gasteiger partial charge in [0, 0.05) is 16.7 Å². The third-order valence-corrected chi connectivity index (χ3v) is 9.96. The molecule has 8 aromatic rings. The van der Waals surface area contributed by atoms with E-state index in [1.54, 1.807) is 0 Å². The molecule has 0 saturated heterocycles. The van der Waals surface area contributed by atoms with Crippen LogP contribution in [0.3, 0.4) is 0 Å². The second-order valence-corrected chi connectivity index (χ2v) is 13.0. The van der Waals surface area contributed by atoms with Gasteiger partial charge in [-0.15, -0.1) is 0 Å². The van der Waals surface area contributed by atoms with E-state index in [1.165, 1.54) is 77.1 Å². The molecule has 1 aliphatic carbocycles. The molecule has 0 aliphatic heterocycles. The molecule has 1 aliphatic rings. The van der Waals surface area contributed by atoms with Crippen molar-refractivity contribution in [1.29, 1.82) is 0 Å². The van der Waals surface area contributed by atoms with E-state index >= 15 is 0 Å². The van der Waals surface area contributed by atoms with Gasteiger partial charge in [0.1, 0.15) is 0 Å². The Bertz CT molecular complexity index is 2450. The Morgan fingerprint density at radius 3 is 1.85 bits per heavy atom. The first kappa shape index (κ1) is 26.7. The summed E-state index contributed by atoms with van der Waals surface area (Å²) in [6.45, 7) is 4.79. The number of fused-ring (bicyclic) bond motifs is 6. The lowest BCUT2D eigenvalue weighted by atomic mass is 9.80. The van der Waals surface area contributed by atoms with Crippen molar-refractivity contribution in [2.45, 2.75) is 19.3 Å². The summed E-state index contributed by atoms with van der Waals surface area (Å²) in [6.07, 6.45) is 0. The van der Waals surface area contributed by atoms with Gasteiger partial charge in [-0.3, -0.25) is 0 Å². The molecule has 0 amide bonds. The van der Waals surface area contributed by atoms with E-state index in [4.69, 9.17) is 0 Å². The molecule has 1 nitrogen and oxygen atoms in total. The average Bonchev–Trinajstić information content (AvgIpc) is 3.33. The van der Waals surface area contributed by atoms with Gasteiger partial charge in [-0.25, -0.2) is 0 Å². The molecule has 0 unspecified atom stereocenters. The van der Waals surface area contributed by atoms with Gasteiger partial charge in [-0.05, 0) is 103 Å². The van der Waals surface area contributed by atoms with Crippen LogP contribution >= 0.6 is 0 Å². The number of anilines is 3. The lowest BCUT2D eigenvalue weighted by molar-refractivity contribution is 0.661. The lowest BCUT2D eigenvalue weighted by Gasteiger charge is -2.33. The van der Waals surface area contributed by atoms with Gasteiger partial charge in [0.05, 0.1) is 11.4 Å². The zero-order chi connectivity index (χ0) is 30.8. The van der Waals surface area contributed by atoms with Gasteiger partial charge >= 0.3 is 0 Å². The van der Waals surface area contributed by atoms with Gasteiger partial charge in [0.2, 0.25) is 0 Å². The Hall–Kier alpha value is -5.66. The average molecular weight is 588 g/mol. The van der Waals surface area contributed by atoms with Crippen molar-refractivity contribution in [3.63, 3.8) is 0 Å². The molecule has 218 valence electrons. The molecule has 1 heteroatoms. The molecule has 0 spiro atoms. The molecule has 0 saturated carbocycles. The third kappa shape index (κ3) is 4.02. The summed E-state index contributed by atoms with van der Waals surface area (Å²) < 4.78 is 0. The smallest absolute Gasteiger partial charge is 0.0546 e. The van der Waals surface area contributed by atoms with Crippen LogP contribution in [0.15, 0.2) is 164 Å². The highest BCUT2D eigenvalue weighted by Gasteiger charge is 2.39. The summed E-state index contributed by atoms with van der Waals surface area (Å²) in [6, 6.07) is 60.2. The predicted octanol–water partition coefficient (Wildman–Crippen LogP) is 12.6. The van der Waals surface area contributed by atoms with Crippen LogP contribution in [0.25, 0.3) is 54.6 Å². The van der Waals surface area contributed by atoms with Crippen LogP contribution in [0.4, 0.5) is 17.1 Å². The van der Waals surface area contributed by atoms with Crippen LogP contribution in [0.5, 0.6) is 0 Å². The summed E-state index contributed by atoms with van der Waals surface area (Å²) in [5.41, 5.74) is 11.2.